The molecule has 1 amide bonds. The number of alkyl halides is 2. The monoisotopic (exact) mass is 470 g/mol. The first-order valence-corrected chi connectivity index (χ1v) is 10.3. The van der Waals surface area contributed by atoms with Crippen LogP contribution in [0.4, 0.5) is 18.0 Å². The molecule has 1 atom stereocenters. The van der Waals surface area contributed by atoms with Crippen molar-refractivity contribution in [1.29, 1.82) is 0 Å². The Balaban J connectivity index is 2.00. The summed E-state index contributed by atoms with van der Waals surface area (Å²) in [7, 11) is 0. The van der Waals surface area contributed by atoms with Crippen LogP contribution in [-0.4, -0.2) is 30.3 Å². The first-order chi connectivity index (χ1) is 15.4. The highest BCUT2D eigenvalue weighted by atomic mass is 19.3. The molecule has 11 heteroatoms. The molecule has 2 aromatic rings. The minimum absolute atomic E-state index is 0.0206. The Kier molecular flexibility index (Phi) is 7.19. The molecule has 0 aliphatic heterocycles. The SMILES string of the molecule is CC(C)(C)CC(OC(N)=O)c1oc(-c2ccc(OC(F)F)c(OCC3CC3)c2)nc1C(=O)F. The van der Waals surface area contributed by atoms with Crippen LogP contribution in [0.15, 0.2) is 22.6 Å². The number of hydrogen-bond acceptors (Lipinski definition) is 7. The molecular weight excluding hydrogens is 445 g/mol. The van der Waals surface area contributed by atoms with Gasteiger partial charge in [-0.1, -0.05) is 20.8 Å². The number of rotatable bonds is 10. The van der Waals surface area contributed by atoms with Crippen molar-refractivity contribution in [3.63, 3.8) is 0 Å². The zero-order chi connectivity index (χ0) is 24.3. The van der Waals surface area contributed by atoms with Gasteiger partial charge in [-0.15, -0.1) is 0 Å². The van der Waals surface area contributed by atoms with Gasteiger partial charge in [-0.2, -0.15) is 13.2 Å². The van der Waals surface area contributed by atoms with E-state index in [1.165, 1.54) is 18.2 Å². The molecule has 2 N–H and O–H groups in total. The van der Waals surface area contributed by atoms with Gasteiger partial charge in [0.05, 0.1) is 6.61 Å². The summed E-state index contributed by atoms with van der Waals surface area (Å²) in [6.45, 7) is 2.76. The molecule has 0 radical (unpaired) electrons. The third-order valence-electron chi connectivity index (χ3n) is 4.77. The van der Waals surface area contributed by atoms with Gasteiger partial charge < -0.3 is 24.4 Å². The fourth-order valence-electron chi connectivity index (χ4n) is 3.14. The molecule has 1 fully saturated rings. The number of ether oxygens (including phenoxy) is 3. The predicted octanol–water partition coefficient (Wildman–Crippen LogP) is 5.41. The predicted molar refractivity (Wildman–Crippen MR) is 110 cm³/mol. The van der Waals surface area contributed by atoms with Gasteiger partial charge in [-0.25, -0.2) is 9.78 Å². The van der Waals surface area contributed by atoms with Gasteiger partial charge in [0.15, 0.2) is 29.1 Å². The second-order valence-corrected chi connectivity index (χ2v) is 8.99. The van der Waals surface area contributed by atoms with E-state index in [1.54, 1.807) is 0 Å². The standard InChI is InChI=1S/C22H25F3N2O6/c1-22(2,3)9-15(32-21(26)29)17-16(18(23)28)27-19(33-17)12-6-7-13(31-20(24)25)14(8-12)30-10-11-4-5-11/h6-8,11,15,20H,4-5,9-10H2,1-3H3,(H2,26,29). The lowest BCUT2D eigenvalue weighted by molar-refractivity contribution is -0.0515. The van der Waals surface area contributed by atoms with Crippen LogP contribution in [-0.2, 0) is 4.74 Å². The van der Waals surface area contributed by atoms with E-state index >= 15 is 0 Å². The molecule has 0 bridgehead atoms. The van der Waals surface area contributed by atoms with E-state index in [-0.39, 0.29) is 35.1 Å². The highest BCUT2D eigenvalue weighted by Gasteiger charge is 2.33. The van der Waals surface area contributed by atoms with Gasteiger partial charge in [-0.3, -0.25) is 4.79 Å². The number of nitrogens with two attached hydrogens (primary N) is 1. The third kappa shape index (κ3) is 6.87. The molecule has 180 valence electrons. The molecule has 0 spiro atoms. The number of halogens is 3. The Morgan fingerprint density at radius 2 is 1.94 bits per heavy atom. The number of benzene rings is 1. The molecule has 33 heavy (non-hydrogen) atoms. The van der Waals surface area contributed by atoms with Gasteiger partial charge in [0.1, 0.15) is 0 Å². The Hall–Kier alpha value is -3.24. The molecule has 1 aromatic carbocycles. The van der Waals surface area contributed by atoms with Gasteiger partial charge in [0.2, 0.25) is 5.89 Å². The summed E-state index contributed by atoms with van der Waals surface area (Å²) < 4.78 is 60.2. The van der Waals surface area contributed by atoms with Crippen molar-refractivity contribution in [2.24, 2.45) is 17.1 Å². The largest absolute Gasteiger partial charge is 0.489 e. The topological polar surface area (TPSA) is 114 Å². The van der Waals surface area contributed by atoms with Crippen molar-refractivity contribution in [2.75, 3.05) is 6.61 Å². The first-order valence-electron chi connectivity index (χ1n) is 10.3. The van der Waals surface area contributed by atoms with Crippen LogP contribution in [0.25, 0.3) is 11.5 Å². The van der Waals surface area contributed by atoms with E-state index in [4.69, 9.17) is 19.6 Å². The van der Waals surface area contributed by atoms with E-state index in [9.17, 15) is 22.8 Å². The van der Waals surface area contributed by atoms with Crippen LogP contribution >= 0.6 is 0 Å². The molecule has 1 aromatic heterocycles. The maximum absolute atomic E-state index is 13.8. The van der Waals surface area contributed by atoms with E-state index in [0.29, 0.717) is 12.5 Å². The summed E-state index contributed by atoms with van der Waals surface area (Å²) >= 11 is 0. The van der Waals surface area contributed by atoms with Crippen molar-refractivity contribution < 1.29 is 41.4 Å². The van der Waals surface area contributed by atoms with Crippen LogP contribution in [0.1, 0.15) is 62.4 Å². The lowest BCUT2D eigenvalue weighted by atomic mass is 9.88. The number of carbonyl (C=O) groups excluding carboxylic acids is 2. The van der Waals surface area contributed by atoms with Gasteiger partial charge >= 0.3 is 18.7 Å². The van der Waals surface area contributed by atoms with Crippen molar-refractivity contribution >= 4 is 12.1 Å². The number of aromatic nitrogens is 1. The van der Waals surface area contributed by atoms with Gasteiger partial charge in [0.25, 0.3) is 0 Å². The highest BCUT2D eigenvalue weighted by Crippen LogP contribution is 2.39. The summed E-state index contributed by atoms with van der Waals surface area (Å²) in [4.78, 5) is 26.9. The summed E-state index contributed by atoms with van der Waals surface area (Å²) in [5.74, 6) is -0.337. The van der Waals surface area contributed by atoms with Crippen molar-refractivity contribution in [1.82, 2.24) is 4.98 Å². The third-order valence-corrected chi connectivity index (χ3v) is 4.77. The molecule has 1 unspecified atom stereocenters. The normalized spacial score (nSPS) is 14.8. The zero-order valence-corrected chi connectivity index (χ0v) is 18.4. The summed E-state index contributed by atoms with van der Waals surface area (Å²) in [6, 6.07) is 2.03. The second kappa shape index (κ2) is 9.72. The van der Waals surface area contributed by atoms with Gasteiger partial charge in [0, 0.05) is 5.56 Å². The number of primary amides is 1. The van der Waals surface area contributed by atoms with Gasteiger partial charge in [-0.05, 0) is 48.8 Å². The van der Waals surface area contributed by atoms with Crippen LogP contribution in [0.3, 0.4) is 0 Å². The van der Waals surface area contributed by atoms with Crippen LogP contribution in [0, 0.1) is 11.3 Å². The second-order valence-electron chi connectivity index (χ2n) is 8.99. The number of hydrogen-bond donors (Lipinski definition) is 1. The van der Waals surface area contributed by atoms with Crippen molar-refractivity contribution in [3.05, 3.63) is 29.7 Å². The molecule has 0 saturated heterocycles. The number of oxazole rings is 1. The molecule has 1 aliphatic carbocycles. The summed E-state index contributed by atoms with van der Waals surface area (Å²) in [6.07, 6.45) is -0.202. The Morgan fingerprint density at radius 1 is 1.24 bits per heavy atom. The first kappa shape index (κ1) is 24.4. The molecule has 1 aliphatic rings. The number of carbonyl (C=O) groups is 2. The Morgan fingerprint density at radius 3 is 2.48 bits per heavy atom. The molecule has 8 nitrogen and oxygen atoms in total. The van der Waals surface area contributed by atoms with Crippen LogP contribution in [0.5, 0.6) is 11.5 Å². The average molecular weight is 470 g/mol. The molecule has 1 heterocycles. The quantitative estimate of drug-likeness (QED) is 0.462. The van der Waals surface area contributed by atoms with E-state index in [0.717, 1.165) is 12.8 Å². The highest BCUT2D eigenvalue weighted by molar-refractivity contribution is 5.88. The molecule has 1 saturated carbocycles. The number of nitrogens with zero attached hydrogens (tertiary/aromatic N) is 1. The maximum atomic E-state index is 13.8. The van der Waals surface area contributed by atoms with Crippen molar-refractivity contribution in [3.8, 4) is 23.0 Å². The number of amides is 1. The molecule has 3 rings (SSSR count). The maximum Gasteiger partial charge on any atom is 0.405 e. The van der Waals surface area contributed by atoms with E-state index < -0.39 is 36.0 Å². The summed E-state index contributed by atoms with van der Waals surface area (Å²) in [5.41, 5.74) is 4.26. The average Bonchev–Trinajstić information content (AvgIpc) is 3.40. The van der Waals surface area contributed by atoms with Crippen LogP contribution in [0.2, 0.25) is 0 Å². The van der Waals surface area contributed by atoms with E-state index in [1.807, 2.05) is 20.8 Å². The lowest BCUT2D eigenvalue weighted by Crippen LogP contribution is -2.22. The zero-order valence-electron chi connectivity index (χ0n) is 18.4. The lowest BCUT2D eigenvalue weighted by Gasteiger charge is -2.24. The fourth-order valence-corrected chi connectivity index (χ4v) is 3.14. The minimum Gasteiger partial charge on any atom is -0.489 e. The molecular formula is C22H25F3N2O6. The summed E-state index contributed by atoms with van der Waals surface area (Å²) in [5, 5.41) is 0. The minimum atomic E-state index is -3.06. The fraction of sp³-hybridized carbons (Fsp3) is 0.500. The Bertz CT molecular complexity index is 1010. The Labute approximate surface area is 188 Å². The van der Waals surface area contributed by atoms with Crippen molar-refractivity contribution in [2.45, 2.75) is 52.7 Å². The van der Waals surface area contributed by atoms with E-state index in [2.05, 4.69) is 9.72 Å². The smallest absolute Gasteiger partial charge is 0.405 e. The van der Waals surface area contributed by atoms with Crippen LogP contribution < -0.4 is 15.2 Å².